The molecule has 0 aliphatic heterocycles. The second-order valence-corrected chi connectivity index (χ2v) is 6.80. The van der Waals surface area contributed by atoms with Crippen LogP contribution in [-0.4, -0.2) is 16.7 Å². The van der Waals surface area contributed by atoms with Crippen molar-refractivity contribution in [2.24, 2.45) is 4.99 Å². The fraction of sp³-hybridized carbons (Fsp3) is 0.111. The average Bonchev–Trinajstić information content (AvgIpc) is 2.94. The molecule has 0 unspecified atom stereocenters. The van der Waals surface area contributed by atoms with E-state index in [0.29, 0.717) is 20.6 Å². The van der Waals surface area contributed by atoms with Gasteiger partial charge in [0.15, 0.2) is 4.80 Å². The van der Waals surface area contributed by atoms with Crippen LogP contribution in [0.4, 0.5) is 4.39 Å². The molecule has 3 aromatic rings. The molecule has 120 valence electrons. The van der Waals surface area contributed by atoms with E-state index in [2.05, 4.69) is 10.9 Å². The SMILES string of the molecule is C#CCn1c(=NC(=O)c2cccc(SC)c2)sc2cccc(F)c21. The van der Waals surface area contributed by atoms with E-state index in [0.717, 1.165) is 4.90 Å². The molecule has 0 saturated heterocycles. The highest BCUT2D eigenvalue weighted by Gasteiger charge is 2.12. The van der Waals surface area contributed by atoms with Crippen LogP contribution in [0.3, 0.4) is 0 Å². The van der Waals surface area contributed by atoms with Crippen LogP contribution in [0, 0.1) is 18.2 Å². The summed E-state index contributed by atoms with van der Waals surface area (Å²) in [5, 5.41) is 0. The highest BCUT2D eigenvalue weighted by molar-refractivity contribution is 7.98. The second-order valence-electron chi connectivity index (χ2n) is 4.91. The number of hydrogen-bond donors (Lipinski definition) is 0. The van der Waals surface area contributed by atoms with E-state index in [1.807, 2.05) is 18.4 Å². The minimum absolute atomic E-state index is 0.151. The summed E-state index contributed by atoms with van der Waals surface area (Å²) in [6.45, 7) is 0.151. The van der Waals surface area contributed by atoms with Crippen LogP contribution in [-0.2, 0) is 6.54 Å². The van der Waals surface area contributed by atoms with E-state index in [9.17, 15) is 9.18 Å². The maximum Gasteiger partial charge on any atom is 0.279 e. The molecule has 0 spiro atoms. The fourth-order valence-corrected chi connectivity index (χ4v) is 3.82. The quantitative estimate of drug-likeness (QED) is 0.526. The van der Waals surface area contributed by atoms with Gasteiger partial charge in [0.25, 0.3) is 5.91 Å². The molecule has 2 aromatic carbocycles. The average molecular weight is 356 g/mol. The molecule has 0 saturated carbocycles. The Hall–Kier alpha value is -2.36. The molecule has 0 atom stereocenters. The van der Waals surface area contributed by atoms with Gasteiger partial charge in [-0.1, -0.05) is 29.4 Å². The van der Waals surface area contributed by atoms with Crippen molar-refractivity contribution < 1.29 is 9.18 Å². The third-order valence-electron chi connectivity index (χ3n) is 3.42. The topological polar surface area (TPSA) is 34.4 Å². The molecule has 3 rings (SSSR count). The molecular formula is C18H13FN2OS2. The number of hydrogen-bond acceptors (Lipinski definition) is 3. The van der Waals surface area contributed by atoms with Gasteiger partial charge in [0.1, 0.15) is 5.82 Å². The number of fused-ring (bicyclic) bond motifs is 1. The van der Waals surface area contributed by atoms with Gasteiger partial charge in [-0.15, -0.1) is 18.2 Å². The Bertz CT molecular complexity index is 1030. The first-order chi connectivity index (χ1) is 11.6. The van der Waals surface area contributed by atoms with Crippen molar-refractivity contribution in [1.82, 2.24) is 4.57 Å². The minimum Gasteiger partial charge on any atom is -0.302 e. The van der Waals surface area contributed by atoms with Crippen molar-refractivity contribution in [2.75, 3.05) is 6.26 Å². The van der Waals surface area contributed by atoms with Gasteiger partial charge in [0.05, 0.1) is 16.8 Å². The molecule has 24 heavy (non-hydrogen) atoms. The Morgan fingerprint density at radius 3 is 2.92 bits per heavy atom. The molecule has 0 radical (unpaired) electrons. The number of nitrogens with zero attached hydrogens (tertiary/aromatic N) is 2. The summed E-state index contributed by atoms with van der Waals surface area (Å²) in [6.07, 6.45) is 7.33. The largest absolute Gasteiger partial charge is 0.302 e. The molecule has 1 heterocycles. The maximum atomic E-state index is 14.1. The second kappa shape index (κ2) is 7.04. The number of thioether (sulfide) groups is 1. The van der Waals surface area contributed by atoms with Crippen LogP contribution in [0.25, 0.3) is 10.2 Å². The molecule has 1 aromatic heterocycles. The Kier molecular flexibility index (Phi) is 4.84. The van der Waals surface area contributed by atoms with Gasteiger partial charge in [-0.3, -0.25) is 4.79 Å². The number of halogens is 1. The minimum atomic E-state index is -0.378. The van der Waals surface area contributed by atoms with Gasteiger partial charge in [-0.25, -0.2) is 4.39 Å². The van der Waals surface area contributed by atoms with Crippen LogP contribution in [0.5, 0.6) is 0 Å². The van der Waals surface area contributed by atoms with Crippen molar-refractivity contribution in [2.45, 2.75) is 11.4 Å². The van der Waals surface area contributed by atoms with Crippen LogP contribution >= 0.6 is 23.1 Å². The number of benzene rings is 2. The van der Waals surface area contributed by atoms with E-state index in [-0.39, 0.29) is 18.3 Å². The van der Waals surface area contributed by atoms with E-state index < -0.39 is 0 Å². The van der Waals surface area contributed by atoms with Gasteiger partial charge >= 0.3 is 0 Å². The van der Waals surface area contributed by atoms with Crippen molar-refractivity contribution >= 4 is 39.2 Å². The Labute approximate surface area is 146 Å². The van der Waals surface area contributed by atoms with Gasteiger partial charge in [0, 0.05) is 10.5 Å². The molecule has 0 fully saturated rings. The summed E-state index contributed by atoms with van der Waals surface area (Å²) >= 11 is 2.80. The first kappa shape index (κ1) is 16.5. The predicted molar refractivity (Wildman–Crippen MR) is 96.7 cm³/mol. The molecule has 1 amide bonds. The lowest BCUT2D eigenvalue weighted by Crippen LogP contribution is -2.17. The normalized spacial score (nSPS) is 11.6. The number of amides is 1. The number of terminal acetylenes is 1. The van der Waals surface area contributed by atoms with Gasteiger partial charge < -0.3 is 4.57 Å². The van der Waals surface area contributed by atoms with Gasteiger partial charge in [-0.2, -0.15) is 4.99 Å². The summed E-state index contributed by atoms with van der Waals surface area (Å²) in [7, 11) is 0. The third kappa shape index (κ3) is 3.14. The van der Waals surface area contributed by atoms with Crippen LogP contribution in [0.1, 0.15) is 10.4 Å². The maximum absolute atomic E-state index is 14.1. The lowest BCUT2D eigenvalue weighted by molar-refractivity contribution is 0.0997. The lowest BCUT2D eigenvalue weighted by atomic mass is 10.2. The molecule has 0 bridgehead atoms. The van der Waals surface area contributed by atoms with Crippen molar-refractivity contribution in [3.05, 3.63) is 58.6 Å². The molecule has 6 heteroatoms. The van der Waals surface area contributed by atoms with Crippen molar-refractivity contribution in [3.8, 4) is 12.3 Å². The highest BCUT2D eigenvalue weighted by atomic mass is 32.2. The fourth-order valence-electron chi connectivity index (χ4n) is 2.32. The molecular weight excluding hydrogens is 343 g/mol. The Morgan fingerprint density at radius 2 is 2.17 bits per heavy atom. The molecule has 0 aliphatic rings. The number of aromatic nitrogens is 1. The monoisotopic (exact) mass is 356 g/mol. The molecule has 3 nitrogen and oxygen atoms in total. The van der Waals surface area contributed by atoms with Crippen LogP contribution in [0.15, 0.2) is 52.4 Å². The van der Waals surface area contributed by atoms with E-state index in [1.54, 1.807) is 40.6 Å². The number of carbonyl (C=O) groups excluding carboxylic acids is 1. The van der Waals surface area contributed by atoms with E-state index in [1.165, 1.54) is 17.4 Å². The zero-order valence-corrected chi connectivity index (χ0v) is 14.5. The smallest absolute Gasteiger partial charge is 0.279 e. The Balaban J connectivity index is 2.16. The summed E-state index contributed by atoms with van der Waals surface area (Å²) in [5.74, 6) is 1.74. The van der Waals surface area contributed by atoms with Crippen molar-refractivity contribution in [1.29, 1.82) is 0 Å². The summed E-state index contributed by atoms with van der Waals surface area (Å²) in [6, 6.07) is 12.0. The van der Waals surface area contributed by atoms with Crippen LogP contribution in [0.2, 0.25) is 0 Å². The number of rotatable bonds is 3. The van der Waals surface area contributed by atoms with E-state index in [4.69, 9.17) is 6.42 Å². The summed E-state index contributed by atoms with van der Waals surface area (Å²) in [4.78, 5) is 18.0. The van der Waals surface area contributed by atoms with Gasteiger partial charge in [0.2, 0.25) is 0 Å². The summed E-state index contributed by atoms with van der Waals surface area (Å²) in [5.41, 5.74) is 0.872. The molecule has 0 aliphatic carbocycles. The molecule has 0 N–H and O–H groups in total. The van der Waals surface area contributed by atoms with Crippen molar-refractivity contribution in [3.63, 3.8) is 0 Å². The number of para-hydroxylation sites is 1. The highest BCUT2D eigenvalue weighted by Crippen LogP contribution is 2.21. The summed E-state index contributed by atoms with van der Waals surface area (Å²) < 4.78 is 16.4. The van der Waals surface area contributed by atoms with E-state index >= 15 is 0 Å². The predicted octanol–water partition coefficient (Wildman–Crippen LogP) is 3.94. The third-order valence-corrected chi connectivity index (χ3v) is 5.18. The van der Waals surface area contributed by atoms with Gasteiger partial charge in [-0.05, 0) is 36.6 Å². The lowest BCUT2D eigenvalue weighted by Gasteiger charge is -2.01. The first-order valence-corrected chi connectivity index (χ1v) is 9.12. The zero-order valence-electron chi connectivity index (χ0n) is 12.8. The Morgan fingerprint density at radius 1 is 1.38 bits per heavy atom. The standard InChI is InChI=1S/C18H13FN2OS2/c1-3-10-21-16-14(19)8-5-9-15(16)24-18(21)20-17(22)12-6-4-7-13(11-12)23-2/h1,4-9,11H,10H2,2H3. The zero-order chi connectivity index (χ0) is 17.1. The number of carbonyl (C=O) groups is 1. The first-order valence-electron chi connectivity index (χ1n) is 7.08. The number of thiazole rings is 1. The van der Waals surface area contributed by atoms with Crippen LogP contribution < -0.4 is 4.80 Å².